The molecule has 1 N–H and O–H groups in total. The highest BCUT2D eigenvalue weighted by Gasteiger charge is 2.47. The van der Waals surface area contributed by atoms with Crippen LogP contribution in [-0.2, 0) is 24.5 Å². The molecule has 1 heterocycles. The first-order valence-electron chi connectivity index (χ1n) is 11.6. The Hall–Kier alpha value is -2.70. The molecule has 0 spiro atoms. The molecular formula is C27H36N2O4. The summed E-state index contributed by atoms with van der Waals surface area (Å²) < 4.78 is 11.0. The average molecular weight is 453 g/mol. The largest absolute Gasteiger partial charge is 0.353 e. The lowest BCUT2D eigenvalue weighted by molar-refractivity contribution is -0.164. The van der Waals surface area contributed by atoms with Gasteiger partial charge in [-0.2, -0.15) is 0 Å². The maximum Gasteiger partial charge on any atom is 0.253 e. The normalized spacial score (nSPS) is 21.1. The summed E-state index contributed by atoms with van der Waals surface area (Å²) in [6.07, 6.45) is -0.387. The van der Waals surface area contributed by atoms with Crippen LogP contribution in [0.4, 0.5) is 11.4 Å². The summed E-state index contributed by atoms with van der Waals surface area (Å²) in [6.45, 7) is 13.9. The summed E-state index contributed by atoms with van der Waals surface area (Å²) in [7, 11) is 0. The van der Waals surface area contributed by atoms with Gasteiger partial charge in [0.05, 0.1) is 0 Å². The van der Waals surface area contributed by atoms with E-state index in [4.69, 9.17) is 9.47 Å². The standard InChI is InChI=1S/C27H36N2O4/c1-8-32-20(4)33-18(2)25(31)28-22-14-15-24-23(16-22)27(7,21-12-10-9-11-13-21)17-26(5,6)29(24)19(3)30/h9-16,18,20H,8,17H2,1-7H3,(H,28,31). The molecule has 2 aromatic carbocycles. The summed E-state index contributed by atoms with van der Waals surface area (Å²) >= 11 is 0. The lowest BCUT2D eigenvalue weighted by Crippen LogP contribution is -2.55. The first kappa shape index (κ1) is 24.9. The van der Waals surface area contributed by atoms with E-state index in [2.05, 4.69) is 38.2 Å². The van der Waals surface area contributed by atoms with Gasteiger partial charge in [0.1, 0.15) is 6.10 Å². The second-order valence-electron chi connectivity index (χ2n) is 9.56. The van der Waals surface area contributed by atoms with Crippen molar-refractivity contribution in [2.24, 2.45) is 0 Å². The zero-order chi connectivity index (χ0) is 24.4. The molecular weight excluding hydrogens is 416 g/mol. The molecule has 3 atom stereocenters. The zero-order valence-corrected chi connectivity index (χ0v) is 20.8. The average Bonchev–Trinajstić information content (AvgIpc) is 2.74. The van der Waals surface area contributed by atoms with Crippen LogP contribution in [0.15, 0.2) is 48.5 Å². The molecule has 6 heteroatoms. The smallest absolute Gasteiger partial charge is 0.253 e. The molecule has 1 aliphatic rings. The first-order chi connectivity index (χ1) is 15.5. The molecule has 0 radical (unpaired) electrons. The number of hydrogen-bond acceptors (Lipinski definition) is 4. The van der Waals surface area contributed by atoms with E-state index < -0.39 is 12.4 Å². The van der Waals surface area contributed by atoms with Crippen LogP contribution >= 0.6 is 0 Å². The van der Waals surface area contributed by atoms with Crippen molar-refractivity contribution in [3.05, 3.63) is 59.7 Å². The van der Waals surface area contributed by atoms with Gasteiger partial charge in [0, 0.05) is 35.9 Å². The third kappa shape index (κ3) is 5.12. The van der Waals surface area contributed by atoms with Gasteiger partial charge in [0.15, 0.2) is 6.29 Å². The van der Waals surface area contributed by atoms with Crippen molar-refractivity contribution in [2.75, 3.05) is 16.8 Å². The van der Waals surface area contributed by atoms with Crippen LogP contribution in [0, 0.1) is 0 Å². The number of carbonyl (C=O) groups is 2. The number of fused-ring (bicyclic) bond motifs is 1. The van der Waals surface area contributed by atoms with Crippen LogP contribution in [0.1, 0.15) is 66.0 Å². The Labute approximate surface area is 197 Å². The van der Waals surface area contributed by atoms with Gasteiger partial charge >= 0.3 is 0 Å². The highest BCUT2D eigenvalue weighted by atomic mass is 16.7. The maximum atomic E-state index is 12.8. The predicted molar refractivity (Wildman–Crippen MR) is 131 cm³/mol. The van der Waals surface area contributed by atoms with E-state index in [0.717, 1.165) is 17.7 Å². The molecule has 178 valence electrons. The molecule has 1 aliphatic heterocycles. The molecule has 3 rings (SSSR count). The highest BCUT2D eigenvalue weighted by molar-refractivity contribution is 5.97. The van der Waals surface area contributed by atoms with Crippen molar-refractivity contribution in [3.63, 3.8) is 0 Å². The van der Waals surface area contributed by atoms with Gasteiger partial charge in [-0.3, -0.25) is 9.59 Å². The van der Waals surface area contributed by atoms with Gasteiger partial charge in [0.25, 0.3) is 5.91 Å². The van der Waals surface area contributed by atoms with Gasteiger partial charge in [-0.1, -0.05) is 37.3 Å². The van der Waals surface area contributed by atoms with E-state index in [9.17, 15) is 9.59 Å². The SMILES string of the molecule is CCOC(C)OC(C)C(=O)Nc1ccc2c(c1)C(C)(c1ccccc1)CC(C)(C)N2C(C)=O. The summed E-state index contributed by atoms with van der Waals surface area (Å²) in [5.41, 5.74) is 3.02. The summed E-state index contributed by atoms with van der Waals surface area (Å²) in [5, 5.41) is 2.97. The lowest BCUT2D eigenvalue weighted by Gasteiger charge is -2.51. The van der Waals surface area contributed by atoms with E-state index in [-0.39, 0.29) is 22.8 Å². The fourth-order valence-electron chi connectivity index (χ4n) is 5.14. The molecule has 3 unspecified atom stereocenters. The molecule has 0 bridgehead atoms. The first-order valence-corrected chi connectivity index (χ1v) is 11.6. The number of nitrogens with zero attached hydrogens (tertiary/aromatic N) is 1. The van der Waals surface area contributed by atoms with E-state index in [1.54, 1.807) is 20.8 Å². The summed E-state index contributed by atoms with van der Waals surface area (Å²) in [6, 6.07) is 16.1. The highest BCUT2D eigenvalue weighted by Crippen LogP contribution is 2.51. The van der Waals surface area contributed by atoms with E-state index >= 15 is 0 Å². The van der Waals surface area contributed by atoms with Crippen LogP contribution in [-0.4, -0.2) is 36.4 Å². The monoisotopic (exact) mass is 452 g/mol. The molecule has 0 aliphatic carbocycles. The molecule has 2 amide bonds. The van der Waals surface area contributed by atoms with Crippen molar-refractivity contribution in [1.29, 1.82) is 0 Å². The van der Waals surface area contributed by atoms with Crippen molar-refractivity contribution < 1.29 is 19.1 Å². The minimum atomic E-state index is -0.671. The van der Waals surface area contributed by atoms with Gasteiger partial charge in [-0.25, -0.2) is 0 Å². The second kappa shape index (κ2) is 9.65. The Morgan fingerprint density at radius 1 is 1.09 bits per heavy atom. The van der Waals surface area contributed by atoms with Crippen molar-refractivity contribution in [3.8, 4) is 0 Å². The van der Waals surface area contributed by atoms with Crippen molar-refractivity contribution in [2.45, 2.75) is 78.2 Å². The third-order valence-corrected chi connectivity index (χ3v) is 6.38. The van der Waals surface area contributed by atoms with Gasteiger partial charge in [0.2, 0.25) is 5.91 Å². The number of rotatable bonds is 7. The van der Waals surface area contributed by atoms with Crippen molar-refractivity contribution >= 4 is 23.2 Å². The zero-order valence-electron chi connectivity index (χ0n) is 20.8. The molecule has 0 fully saturated rings. The maximum absolute atomic E-state index is 12.8. The minimum Gasteiger partial charge on any atom is -0.353 e. The fourth-order valence-corrected chi connectivity index (χ4v) is 5.14. The third-order valence-electron chi connectivity index (χ3n) is 6.38. The molecule has 0 saturated heterocycles. The number of carbonyl (C=O) groups excluding carboxylic acids is 2. The van der Waals surface area contributed by atoms with Crippen LogP contribution in [0.5, 0.6) is 0 Å². The van der Waals surface area contributed by atoms with Gasteiger partial charge in [-0.05, 0) is 70.4 Å². The van der Waals surface area contributed by atoms with E-state index in [1.165, 1.54) is 5.56 Å². The molecule has 0 aromatic heterocycles. The topological polar surface area (TPSA) is 67.9 Å². The second-order valence-corrected chi connectivity index (χ2v) is 9.56. The number of hydrogen-bond donors (Lipinski definition) is 1. The Kier molecular flexibility index (Phi) is 7.29. The lowest BCUT2D eigenvalue weighted by atomic mass is 9.65. The Morgan fingerprint density at radius 3 is 2.36 bits per heavy atom. The number of amides is 2. The van der Waals surface area contributed by atoms with Gasteiger partial charge < -0.3 is 19.7 Å². The molecule has 33 heavy (non-hydrogen) atoms. The number of nitrogens with one attached hydrogen (secondary N) is 1. The minimum absolute atomic E-state index is 0.0000752. The summed E-state index contributed by atoms with van der Waals surface area (Å²) in [5.74, 6) is -0.248. The van der Waals surface area contributed by atoms with Crippen LogP contribution in [0.3, 0.4) is 0 Å². The predicted octanol–water partition coefficient (Wildman–Crippen LogP) is 5.25. The van der Waals surface area contributed by atoms with Crippen LogP contribution in [0.2, 0.25) is 0 Å². The van der Waals surface area contributed by atoms with E-state index in [0.29, 0.717) is 12.3 Å². The van der Waals surface area contributed by atoms with Crippen LogP contribution in [0.25, 0.3) is 0 Å². The van der Waals surface area contributed by atoms with E-state index in [1.807, 2.05) is 48.2 Å². The van der Waals surface area contributed by atoms with Crippen molar-refractivity contribution in [1.82, 2.24) is 0 Å². The fraction of sp³-hybridized carbons (Fsp3) is 0.481. The van der Waals surface area contributed by atoms with Gasteiger partial charge in [-0.15, -0.1) is 0 Å². The summed E-state index contributed by atoms with van der Waals surface area (Å²) in [4.78, 5) is 27.3. The molecule has 6 nitrogen and oxygen atoms in total. The number of ether oxygens (including phenoxy) is 2. The Morgan fingerprint density at radius 2 is 1.76 bits per heavy atom. The molecule has 2 aromatic rings. The Balaban J connectivity index is 2.00. The molecule has 0 saturated carbocycles. The number of anilines is 2. The number of benzene rings is 2. The Bertz CT molecular complexity index is 1000. The van der Waals surface area contributed by atoms with Crippen LogP contribution < -0.4 is 10.2 Å². The quantitative estimate of drug-likeness (QED) is 0.583.